The van der Waals surface area contributed by atoms with E-state index in [2.05, 4.69) is 15.5 Å². The third kappa shape index (κ3) is 4.72. The van der Waals surface area contributed by atoms with Gasteiger partial charge in [0.25, 0.3) is 5.69 Å². The van der Waals surface area contributed by atoms with Gasteiger partial charge in [-0.05, 0) is 36.8 Å². The van der Waals surface area contributed by atoms with Gasteiger partial charge < -0.3 is 14.6 Å². The number of nitrogens with zero attached hydrogens (tertiary/aromatic N) is 4. The molecular weight excluding hydrogens is 394 g/mol. The molecule has 0 saturated heterocycles. The third-order valence-electron chi connectivity index (χ3n) is 4.22. The van der Waals surface area contributed by atoms with Gasteiger partial charge in [0.05, 0.1) is 23.5 Å². The Bertz CT molecular complexity index is 1050. The third-order valence-corrected chi connectivity index (χ3v) is 5.24. The number of thioether (sulfide) groups is 1. The molecule has 0 bridgehead atoms. The predicted molar refractivity (Wildman–Crippen MR) is 110 cm³/mol. The zero-order valence-electron chi connectivity index (χ0n) is 16.1. The molecule has 0 fully saturated rings. The van der Waals surface area contributed by atoms with E-state index in [9.17, 15) is 14.9 Å². The topological polar surface area (TPSA) is 112 Å². The van der Waals surface area contributed by atoms with Crippen LogP contribution in [0.25, 0.3) is 11.4 Å². The quantitative estimate of drug-likeness (QED) is 0.359. The molecule has 1 aromatic heterocycles. The summed E-state index contributed by atoms with van der Waals surface area (Å²) in [6, 6.07) is 11.8. The van der Waals surface area contributed by atoms with Gasteiger partial charge in [-0.25, -0.2) is 0 Å². The SMILES string of the molecule is COc1ccc(-c2nnc(SCC(=O)Nc3cc([N+](=O)[O-])ccc3C)n2C)cc1. The Labute approximate surface area is 171 Å². The average molecular weight is 413 g/mol. The Morgan fingerprint density at radius 1 is 1.24 bits per heavy atom. The molecule has 150 valence electrons. The second kappa shape index (κ2) is 8.74. The Kier molecular flexibility index (Phi) is 6.13. The molecule has 0 saturated carbocycles. The summed E-state index contributed by atoms with van der Waals surface area (Å²) in [5.41, 5.74) is 1.97. The van der Waals surface area contributed by atoms with Gasteiger partial charge in [0.2, 0.25) is 5.91 Å². The zero-order valence-corrected chi connectivity index (χ0v) is 16.9. The summed E-state index contributed by atoms with van der Waals surface area (Å²) < 4.78 is 6.96. The number of nitrogens with one attached hydrogen (secondary N) is 1. The maximum atomic E-state index is 12.3. The number of ether oxygens (including phenoxy) is 1. The lowest BCUT2D eigenvalue weighted by Crippen LogP contribution is -2.15. The van der Waals surface area contributed by atoms with Crippen molar-refractivity contribution in [1.29, 1.82) is 0 Å². The van der Waals surface area contributed by atoms with Crippen LogP contribution >= 0.6 is 11.8 Å². The molecule has 0 aliphatic rings. The van der Waals surface area contributed by atoms with Crippen molar-refractivity contribution in [2.24, 2.45) is 7.05 Å². The standard InChI is InChI=1S/C19H19N5O4S/c1-12-4-7-14(24(26)27)10-16(12)20-17(25)11-29-19-22-21-18(23(19)2)13-5-8-15(28-3)9-6-13/h4-10H,11H2,1-3H3,(H,20,25). The molecule has 10 heteroatoms. The van der Waals surface area contributed by atoms with Gasteiger partial charge in [0.15, 0.2) is 11.0 Å². The van der Waals surface area contributed by atoms with Crippen molar-refractivity contribution in [3.63, 3.8) is 0 Å². The molecule has 3 rings (SSSR count). The highest BCUT2D eigenvalue weighted by molar-refractivity contribution is 7.99. The molecule has 1 amide bonds. The van der Waals surface area contributed by atoms with Crippen LogP contribution in [-0.4, -0.2) is 38.5 Å². The summed E-state index contributed by atoms with van der Waals surface area (Å²) in [6.45, 7) is 1.77. The Morgan fingerprint density at radius 2 is 1.97 bits per heavy atom. The average Bonchev–Trinajstić information content (AvgIpc) is 3.08. The van der Waals surface area contributed by atoms with E-state index in [-0.39, 0.29) is 17.3 Å². The van der Waals surface area contributed by atoms with Crippen LogP contribution in [0.5, 0.6) is 5.75 Å². The van der Waals surface area contributed by atoms with E-state index in [1.54, 1.807) is 24.7 Å². The van der Waals surface area contributed by atoms with Crippen molar-refractivity contribution in [1.82, 2.24) is 14.8 Å². The molecule has 9 nitrogen and oxygen atoms in total. The van der Waals surface area contributed by atoms with E-state index < -0.39 is 4.92 Å². The highest BCUT2D eigenvalue weighted by atomic mass is 32.2. The van der Waals surface area contributed by atoms with Gasteiger partial charge in [-0.2, -0.15) is 0 Å². The summed E-state index contributed by atoms with van der Waals surface area (Å²) in [7, 11) is 3.43. The Hall–Kier alpha value is -3.40. The first kappa shape index (κ1) is 20.3. The van der Waals surface area contributed by atoms with Crippen molar-refractivity contribution in [2.75, 3.05) is 18.2 Å². The smallest absolute Gasteiger partial charge is 0.271 e. The van der Waals surface area contributed by atoms with Crippen molar-refractivity contribution in [2.45, 2.75) is 12.1 Å². The Balaban J connectivity index is 1.66. The number of amides is 1. The van der Waals surface area contributed by atoms with Gasteiger partial charge in [-0.3, -0.25) is 14.9 Å². The number of aromatic nitrogens is 3. The van der Waals surface area contributed by atoms with Gasteiger partial charge in [-0.15, -0.1) is 10.2 Å². The van der Waals surface area contributed by atoms with Crippen LogP contribution in [0.3, 0.4) is 0 Å². The predicted octanol–water partition coefficient (Wildman–Crippen LogP) is 3.44. The fraction of sp³-hybridized carbons (Fsp3) is 0.211. The van der Waals surface area contributed by atoms with E-state index in [0.717, 1.165) is 16.9 Å². The van der Waals surface area contributed by atoms with Crippen molar-refractivity contribution >= 4 is 29.0 Å². The van der Waals surface area contributed by atoms with Crippen LogP contribution in [0.15, 0.2) is 47.6 Å². The number of hydrogen-bond donors (Lipinski definition) is 1. The van der Waals surface area contributed by atoms with E-state index in [1.807, 2.05) is 31.3 Å². The minimum Gasteiger partial charge on any atom is -0.497 e. The van der Waals surface area contributed by atoms with E-state index in [1.165, 1.54) is 23.9 Å². The largest absolute Gasteiger partial charge is 0.497 e. The molecule has 3 aromatic rings. The number of hydrogen-bond acceptors (Lipinski definition) is 7. The summed E-state index contributed by atoms with van der Waals surface area (Å²) in [4.78, 5) is 22.7. The summed E-state index contributed by atoms with van der Waals surface area (Å²) in [5, 5.41) is 22.6. The molecule has 29 heavy (non-hydrogen) atoms. The molecule has 2 aromatic carbocycles. The number of rotatable bonds is 7. The minimum atomic E-state index is -0.496. The first-order chi connectivity index (χ1) is 13.9. The fourth-order valence-corrected chi connectivity index (χ4v) is 3.32. The molecule has 0 aliphatic carbocycles. The van der Waals surface area contributed by atoms with Crippen LogP contribution in [-0.2, 0) is 11.8 Å². The number of aryl methyl sites for hydroxylation is 1. The first-order valence-electron chi connectivity index (χ1n) is 8.60. The maximum Gasteiger partial charge on any atom is 0.271 e. The molecule has 1 heterocycles. The lowest BCUT2D eigenvalue weighted by molar-refractivity contribution is -0.384. The number of anilines is 1. The minimum absolute atomic E-state index is 0.0732. The number of carbonyl (C=O) groups is 1. The van der Waals surface area contributed by atoms with E-state index in [0.29, 0.717) is 16.7 Å². The summed E-state index contributed by atoms with van der Waals surface area (Å²) in [6.07, 6.45) is 0. The highest BCUT2D eigenvalue weighted by Gasteiger charge is 2.15. The number of methoxy groups -OCH3 is 1. The van der Waals surface area contributed by atoms with Gasteiger partial charge in [0.1, 0.15) is 5.75 Å². The van der Waals surface area contributed by atoms with Gasteiger partial charge in [0, 0.05) is 24.7 Å². The molecule has 0 spiro atoms. The first-order valence-corrected chi connectivity index (χ1v) is 9.59. The monoisotopic (exact) mass is 413 g/mol. The van der Waals surface area contributed by atoms with Crippen LogP contribution in [0.4, 0.5) is 11.4 Å². The van der Waals surface area contributed by atoms with E-state index >= 15 is 0 Å². The van der Waals surface area contributed by atoms with Crippen molar-refractivity contribution < 1.29 is 14.5 Å². The molecule has 0 unspecified atom stereocenters. The second-order valence-electron chi connectivity index (χ2n) is 6.19. The van der Waals surface area contributed by atoms with Gasteiger partial charge >= 0.3 is 0 Å². The summed E-state index contributed by atoms with van der Waals surface area (Å²) in [5.74, 6) is 1.23. The molecule has 1 N–H and O–H groups in total. The van der Waals surface area contributed by atoms with Gasteiger partial charge in [-0.1, -0.05) is 17.8 Å². The number of nitro benzene ring substituents is 1. The lowest BCUT2D eigenvalue weighted by atomic mass is 10.2. The number of carbonyl (C=O) groups excluding carboxylic acids is 1. The second-order valence-corrected chi connectivity index (χ2v) is 7.13. The van der Waals surface area contributed by atoms with Crippen LogP contribution in [0, 0.1) is 17.0 Å². The normalized spacial score (nSPS) is 10.6. The van der Waals surface area contributed by atoms with Crippen LogP contribution in [0.1, 0.15) is 5.56 Å². The molecule has 0 radical (unpaired) electrons. The number of nitro groups is 1. The Morgan fingerprint density at radius 3 is 2.62 bits per heavy atom. The number of non-ortho nitro benzene ring substituents is 1. The summed E-state index contributed by atoms with van der Waals surface area (Å²) >= 11 is 1.23. The zero-order chi connectivity index (χ0) is 21.0. The van der Waals surface area contributed by atoms with Crippen molar-refractivity contribution in [3.05, 3.63) is 58.1 Å². The van der Waals surface area contributed by atoms with Crippen molar-refractivity contribution in [3.8, 4) is 17.1 Å². The van der Waals surface area contributed by atoms with E-state index in [4.69, 9.17) is 4.74 Å². The molecule has 0 atom stereocenters. The maximum absolute atomic E-state index is 12.3. The van der Waals surface area contributed by atoms with Crippen LogP contribution in [0.2, 0.25) is 0 Å². The fourth-order valence-electron chi connectivity index (χ4n) is 2.61. The lowest BCUT2D eigenvalue weighted by Gasteiger charge is -2.08. The molecule has 0 aliphatic heterocycles. The highest BCUT2D eigenvalue weighted by Crippen LogP contribution is 2.25. The molecular formula is C19H19N5O4S. The number of benzene rings is 2. The van der Waals surface area contributed by atoms with Crippen LogP contribution < -0.4 is 10.1 Å².